The van der Waals surface area contributed by atoms with Crippen molar-refractivity contribution < 1.29 is 0 Å². The Morgan fingerprint density at radius 3 is 1.63 bits per heavy atom. The summed E-state index contributed by atoms with van der Waals surface area (Å²) in [6.07, 6.45) is 9.47. The van der Waals surface area contributed by atoms with E-state index >= 15 is 0 Å². The summed E-state index contributed by atoms with van der Waals surface area (Å²) in [6.45, 7) is 15.5. The van der Waals surface area contributed by atoms with E-state index in [9.17, 15) is 0 Å². The fourth-order valence-corrected chi connectivity index (χ4v) is 2.75. The molecule has 1 nitrogen and oxygen atoms in total. The maximum atomic E-state index is 3.36. The van der Waals surface area contributed by atoms with E-state index in [1.165, 1.54) is 44.9 Å². The van der Waals surface area contributed by atoms with E-state index in [1.54, 1.807) is 0 Å². The van der Waals surface area contributed by atoms with Gasteiger partial charge < -0.3 is 5.32 Å². The van der Waals surface area contributed by atoms with E-state index in [2.05, 4.69) is 53.9 Å². The van der Waals surface area contributed by atoms with Crippen LogP contribution in [0, 0.1) is 16.7 Å². The van der Waals surface area contributed by atoms with Gasteiger partial charge in [0.05, 0.1) is 0 Å². The Hall–Kier alpha value is -0.0400. The Balaban J connectivity index is 4.08. The minimum atomic E-state index is 0.488. The van der Waals surface area contributed by atoms with Gasteiger partial charge in [0.2, 0.25) is 0 Å². The standard InChI is InChI=1S/C18H39N/c1-8-17(5,9-2)13-11-16(4)12-14-18(6,10-3)15-19-7/h16,19H,8-15H2,1-7H3. The number of nitrogens with one attached hydrogen (secondary N) is 1. The van der Waals surface area contributed by atoms with Gasteiger partial charge in [-0.3, -0.25) is 0 Å². The molecule has 0 spiro atoms. The van der Waals surface area contributed by atoms with Gasteiger partial charge in [0.1, 0.15) is 0 Å². The van der Waals surface area contributed by atoms with Crippen molar-refractivity contribution in [3.8, 4) is 0 Å². The van der Waals surface area contributed by atoms with Gasteiger partial charge >= 0.3 is 0 Å². The molecule has 0 rings (SSSR count). The van der Waals surface area contributed by atoms with Crippen LogP contribution in [0.25, 0.3) is 0 Å². The second kappa shape index (κ2) is 9.00. The SMILES string of the molecule is CCC(C)(CC)CCC(C)CCC(C)(CC)CNC. The highest BCUT2D eigenvalue weighted by Crippen LogP contribution is 2.35. The molecule has 0 aromatic heterocycles. The van der Waals surface area contributed by atoms with E-state index < -0.39 is 0 Å². The summed E-state index contributed by atoms with van der Waals surface area (Å²) >= 11 is 0. The molecule has 0 saturated heterocycles. The molecule has 0 aromatic carbocycles. The maximum absolute atomic E-state index is 3.36. The van der Waals surface area contributed by atoms with Crippen LogP contribution in [0.2, 0.25) is 0 Å². The summed E-state index contributed by atoms with van der Waals surface area (Å²) < 4.78 is 0. The predicted octanol–water partition coefficient (Wildman–Crippen LogP) is 5.64. The first-order chi connectivity index (χ1) is 8.84. The van der Waals surface area contributed by atoms with Gasteiger partial charge in [-0.15, -0.1) is 0 Å². The zero-order valence-corrected chi connectivity index (χ0v) is 14.7. The molecule has 0 aliphatic carbocycles. The van der Waals surface area contributed by atoms with Crippen molar-refractivity contribution in [2.75, 3.05) is 13.6 Å². The smallest absolute Gasteiger partial charge is 0.000206 e. The fraction of sp³-hybridized carbons (Fsp3) is 1.00. The summed E-state index contributed by atoms with van der Waals surface area (Å²) in [5.41, 5.74) is 1.06. The molecule has 0 heterocycles. The zero-order chi connectivity index (χ0) is 14.9. The highest BCUT2D eigenvalue weighted by atomic mass is 14.8. The van der Waals surface area contributed by atoms with E-state index in [1.807, 2.05) is 0 Å². The second-order valence-corrected chi connectivity index (χ2v) is 7.39. The fourth-order valence-electron chi connectivity index (χ4n) is 2.75. The largest absolute Gasteiger partial charge is 0.319 e. The molecule has 0 bridgehead atoms. The molecule has 1 N–H and O–H groups in total. The van der Waals surface area contributed by atoms with Gasteiger partial charge in [-0.1, -0.05) is 67.2 Å². The lowest BCUT2D eigenvalue weighted by molar-refractivity contribution is 0.219. The molecule has 0 aromatic rings. The van der Waals surface area contributed by atoms with Crippen LogP contribution in [0.5, 0.6) is 0 Å². The molecule has 2 unspecified atom stereocenters. The van der Waals surface area contributed by atoms with E-state index in [-0.39, 0.29) is 0 Å². The number of hydrogen-bond acceptors (Lipinski definition) is 1. The lowest BCUT2D eigenvalue weighted by Crippen LogP contribution is -2.29. The molecular formula is C18H39N. The van der Waals surface area contributed by atoms with Crippen LogP contribution in [0.4, 0.5) is 0 Å². The van der Waals surface area contributed by atoms with Crippen molar-refractivity contribution >= 4 is 0 Å². The van der Waals surface area contributed by atoms with Crippen molar-refractivity contribution in [3.05, 3.63) is 0 Å². The number of rotatable bonds is 11. The van der Waals surface area contributed by atoms with Gasteiger partial charge in [-0.2, -0.15) is 0 Å². The Morgan fingerprint density at radius 1 is 0.842 bits per heavy atom. The van der Waals surface area contributed by atoms with Crippen molar-refractivity contribution in [1.29, 1.82) is 0 Å². The summed E-state index contributed by atoms with van der Waals surface area (Å²) in [4.78, 5) is 0. The summed E-state index contributed by atoms with van der Waals surface area (Å²) in [5.74, 6) is 0.875. The van der Waals surface area contributed by atoms with Crippen LogP contribution < -0.4 is 5.32 Å². The molecule has 0 radical (unpaired) electrons. The molecular weight excluding hydrogens is 230 g/mol. The quantitative estimate of drug-likeness (QED) is 0.511. The molecule has 0 fully saturated rings. The minimum absolute atomic E-state index is 0.488. The van der Waals surface area contributed by atoms with Gasteiger partial charge in [0.15, 0.2) is 0 Å². The molecule has 19 heavy (non-hydrogen) atoms. The molecule has 0 saturated carbocycles. The first-order valence-electron chi connectivity index (χ1n) is 8.49. The van der Waals surface area contributed by atoms with Crippen LogP contribution in [-0.4, -0.2) is 13.6 Å². The monoisotopic (exact) mass is 269 g/mol. The van der Waals surface area contributed by atoms with Gasteiger partial charge in [-0.25, -0.2) is 0 Å². The topological polar surface area (TPSA) is 12.0 Å². The lowest BCUT2D eigenvalue weighted by atomic mass is 9.76. The van der Waals surface area contributed by atoms with Gasteiger partial charge in [0.25, 0.3) is 0 Å². The van der Waals surface area contributed by atoms with Crippen molar-refractivity contribution in [2.24, 2.45) is 16.7 Å². The third-order valence-corrected chi connectivity index (χ3v) is 5.65. The summed E-state index contributed by atoms with van der Waals surface area (Å²) in [5, 5.41) is 3.36. The van der Waals surface area contributed by atoms with Crippen molar-refractivity contribution in [3.63, 3.8) is 0 Å². The highest BCUT2D eigenvalue weighted by molar-refractivity contribution is 4.77. The zero-order valence-electron chi connectivity index (χ0n) is 14.7. The first-order valence-corrected chi connectivity index (χ1v) is 8.49. The Kier molecular flexibility index (Phi) is 8.98. The van der Waals surface area contributed by atoms with Crippen LogP contribution in [0.3, 0.4) is 0 Å². The molecule has 1 heteroatoms. The van der Waals surface area contributed by atoms with E-state index in [0.29, 0.717) is 10.8 Å². The number of hydrogen-bond donors (Lipinski definition) is 1. The Labute approximate surface area is 122 Å². The van der Waals surface area contributed by atoms with E-state index in [4.69, 9.17) is 0 Å². The molecule has 116 valence electrons. The van der Waals surface area contributed by atoms with Gasteiger partial charge in [0, 0.05) is 6.54 Å². The average molecular weight is 270 g/mol. The highest BCUT2D eigenvalue weighted by Gasteiger charge is 2.23. The average Bonchev–Trinajstić information content (AvgIpc) is 2.43. The third-order valence-electron chi connectivity index (χ3n) is 5.65. The van der Waals surface area contributed by atoms with Crippen LogP contribution >= 0.6 is 0 Å². The Bertz CT molecular complexity index is 220. The maximum Gasteiger partial charge on any atom is 0.000206 e. The second-order valence-electron chi connectivity index (χ2n) is 7.39. The lowest BCUT2D eigenvalue weighted by Gasteiger charge is -2.31. The minimum Gasteiger partial charge on any atom is -0.319 e. The van der Waals surface area contributed by atoms with Crippen LogP contribution in [0.1, 0.15) is 86.5 Å². The summed E-state index contributed by atoms with van der Waals surface area (Å²) in [7, 11) is 2.07. The first kappa shape index (κ1) is 19.0. The molecule has 0 amide bonds. The molecule has 0 aliphatic rings. The van der Waals surface area contributed by atoms with Crippen molar-refractivity contribution in [2.45, 2.75) is 86.5 Å². The van der Waals surface area contributed by atoms with Crippen LogP contribution in [0.15, 0.2) is 0 Å². The van der Waals surface area contributed by atoms with Crippen molar-refractivity contribution in [1.82, 2.24) is 5.32 Å². The Morgan fingerprint density at radius 2 is 1.26 bits per heavy atom. The van der Waals surface area contributed by atoms with Gasteiger partial charge in [-0.05, 0) is 43.1 Å². The van der Waals surface area contributed by atoms with E-state index in [0.717, 1.165) is 12.5 Å². The molecule has 2 atom stereocenters. The third kappa shape index (κ3) is 7.34. The predicted molar refractivity (Wildman–Crippen MR) is 88.6 cm³/mol. The normalized spacial score (nSPS) is 17.2. The van der Waals surface area contributed by atoms with Crippen LogP contribution in [-0.2, 0) is 0 Å². The summed E-state index contributed by atoms with van der Waals surface area (Å²) in [6, 6.07) is 0. The molecule has 0 aliphatic heterocycles.